The molecule has 2 unspecified atom stereocenters. The van der Waals surface area contributed by atoms with Crippen molar-refractivity contribution in [2.24, 2.45) is 17.3 Å². The molecule has 9 nitrogen and oxygen atoms in total. The van der Waals surface area contributed by atoms with Crippen LogP contribution in [0.1, 0.15) is 50.5 Å². The van der Waals surface area contributed by atoms with Gasteiger partial charge in [0.2, 0.25) is 5.91 Å². The Morgan fingerprint density at radius 3 is 2.51 bits per heavy atom. The molecule has 4 bridgehead atoms. The van der Waals surface area contributed by atoms with Crippen LogP contribution in [0.3, 0.4) is 0 Å². The van der Waals surface area contributed by atoms with Crippen LogP contribution in [0.5, 0.6) is 0 Å². The minimum atomic E-state index is -1.77. The lowest BCUT2D eigenvalue weighted by Gasteiger charge is -2.61. The van der Waals surface area contributed by atoms with E-state index in [1.54, 1.807) is 10.9 Å². The number of anilines is 1. The van der Waals surface area contributed by atoms with E-state index in [0.717, 1.165) is 36.8 Å². The molecular formula is C25H23BrF4N6O3. The van der Waals surface area contributed by atoms with E-state index in [0.29, 0.717) is 28.4 Å². The second-order valence-corrected chi connectivity index (χ2v) is 12.1. The Bertz CT molecular complexity index is 1490. The summed E-state index contributed by atoms with van der Waals surface area (Å²) in [5, 5.41) is 22.5. The molecule has 4 aliphatic carbocycles. The van der Waals surface area contributed by atoms with Crippen LogP contribution in [-0.2, 0) is 16.9 Å². The topological polar surface area (TPSA) is 108 Å². The van der Waals surface area contributed by atoms with E-state index in [1.165, 1.54) is 12.4 Å². The molecule has 1 amide bonds. The summed E-state index contributed by atoms with van der Waals surface area (Å²) >= 11 is 3.25. The van der Waals surface area contributed by atoms with Gasteiger partial charge in [-0.2, -0.15) is 9.78 Å². The largest absolute Gasteiger partial charge is 0.404 e. The summed E-state index contributed by atoms with van der Waals surface area (Å²) in [6, 6.07) is 0.276. The average molecular weight is 611 g/mol. The number of carbonyl (C=O) groups excluding carboxylic acids is 1. The van der Waals surface area contributed by atoms with Crippen molar-refractivity contribution in [3.63, 3.8) is 0 Å². The van der Waals surface area contributed by atoms with Gasteiger partial charge in [-0.15, -0.1) is 0 Å². The highest BCUT2D eigenvalue weighted by molar-refractivity contribution is 9.10. The first kappa shape index (κ1) is 26.0. The fraction of sp³-hybridized carbons (Fsp3) is 0.480. The Hall–Kier alpha value is -3.29. The molecule has 2 atom stereocenters. The van der Waals surface area contributed by atoms with Crippen LogP contribution >= 0.6 is 15.9 Å². The zero-order chi connectivity index (χ0) is 27.7. The highest BCUT2D eigenvalue weighted by Crippen LogP contribution is 2.65. The highest BCUT2D eigenvalue weighted by atomic mass is 79.9. The number of nitro groups is 1. The number of hydrogen-bond donors (Lipinski definition) is 1. The van der Waals surface area contributed by atoms with E-state index in [2.05, 4.69) is 31.4 Å². The first-order valence-corrected chi connectivity index (χ1v) is 13.3. The Kier molecular flexibility index (Phi) is 6.08. The molecule has 0 aliphatic heterocycles. The fourth-order valence-corrected chi connectivity index (χ4v) is 7.98. The minimum Gasteiger partial charge on any atom is -0.358 e. The van der Waals surface area contributed by atoms with E-state index in [1.807, 2.05) is 0 Å². The quantitative estimate of drug-likeness (QED) is 0.122. The fourth-order valence-electron chi connectivity index (χ4n) is 7.56. The Morgan fingerprint density at radius 1 is 1.13 bits per heavy atom. The first-order chi connectivity index (χ1) is 18.5. The monoisotopic (exact) mass is 610 g/mol. The molecule has 206 valence electrons. The van der Waals surface area contributed by atoms with Gasteiger partial charge in [0.05, 0.1) is 35.3 Å². The highest BCUT2D eigenvalue weighted by Gasteiger charge is 2.60. The Balaban J connectivity index is 1.17. The van der Waals surface area contributed by atoms with Crippen molar-refractivity contribution >= 4 is 33.3 Å². The van der Waals surface area contributed by atoms with Crippen LogP contribution in [0.4, 0.5) is 29.1 Å². The van der Waals surface area contributed by atoms with Crippen molar-refractivity contribution in [3.05, 3.63) is 68.1 Å². The van der Waals surface area contributed by atoms with Gasteiger partial charge < -0.3 is 15.4 Å². The number of rotatable bonds is 7. The smallest absolute Gasteiger partial charge is 0.358 e. The Morgan fingerprint density at radius 2 is 1.85 bits per heavy atom. The van der Waals surface area contributed by atoms with Gasteiger partial charge in [0, 0.05) is 24.2 Å². The van der Waals surface area contributed by atoms with Crippen LogP contribution in [0.2, 0.25) is 0 Å². The average Bonchev–Trinajstić information content (AvgIpc) is 3.45. The molecule has 1 aromatic carbocycles. The second-order valence-electron chi connectivity index (χ2n) is 11.3. The lowest BCUT2D eigenvalue weighted by molar-refractivity contribution is -0.390. The van der Waals surface area contributed by atoms with Gasteiger partial charge in [-0.05, 0) is 76.6 Å². The predicted molar refractivity (Wildman–Crippen MR) is 133 cm³/mol. The van der Waals surface area contributed by atoms with E-state index in [4.69, 9.17) is 0 Å². The number of amides is 1. The van der Waals surface area contributed by atoms with Gasteiger partial charge in [0.15, 0.2) is 17.5 Å². The molecule has 0 spiro atoms. The van der Waals surface area contributed by atoms with E-state index in [-0.39, 0.29) is 35.2 Å². The lowest BCUT2D eigenvalue weighted by atomic mass is 9.46. The van der Waals surface area contributed by atoms with Crippen LogP contribution in [-0.4, -0.2) is 30.4 Å². The maximum absolute atomic E-state index is 14.0. The summed E-state index contributed by atoms with van der Waals surface area (Å²) in [7, 11) is 0. The van der Waals surface area contributed by atoms with Gasteiger partial charge in [-0.1, -0.05) is 0 Å². The van der Waals surface area contributed by atoms with Gasteiger partial charge in [0.25, 0.3) is 0 Å². The van der Waals surface area contributed by atoms with Gasteiger partial charge >= 0.3 is 5.82 Å². The normalized spacial score (nSPS) is 27.2. The summed E-state index contributed by atoms with van der Waals surface area (Å²) in [4.78, 5) is 24.0. The number of halogens is 5. The maximum Gasteiger partial charge on any atom is 0.404 e. The molecule has 0 radical (unpaired) electrons. The van der Waals surface area contributed by atoms with Crippen molar-refractivity contribution < 1.29 is 27.3 Å². The van der Waals surface area contributed by atoms with Crippen molar-refractivity contribution in [3.8, 4) is 0 Å². The molecule has 2 aromatic heterocycles. The molecule has 4 fully saturated rings. The summed E-state index contributed by atoms with van der Waals surface area (Å²) in [6.07, 6.45) is 9.84. The van der Waals surface area contributed by atoms with E-state index >= 15 is 0 Å². The number of hydrogen-bond acceptors (Lipinski definition) is 5. The summed E-state index contributed by atoms with van der Waals surface area (Å²) in [5.41, 5.74) is -1.05. The lowest BCUT2D eigenvalue weighted by Crippen LogP contribution is -2.57. The van der Waals surface area contributed by atoms with Crippen LogP contribution < -0.4 is 5.32 Å². The van der Waals surface area contributed by atoms with Gasteiger partial charge in [0.1, 0.15) is 10.3 Å². The number of benzene rings is 1. The third-order valence-electron chi connectivity index (χ3n) is 8.44. The molecule has 7 rings (SSSR count). The van der Waals surface area contributed by atoms with Crippen LogP contribution in [0.15, 0.2) is 29.1 Å². The number of nitrogens with one attached hydrogen (secondary N) is 1. The molecular weight excluding hydrogens is 588 g/mol. The molecule has 3 aromatic rings. The SMILES string of the molecule is O=C(CC12CC3CC(C1)CC(n1cc(Br)c([N+](=O)[O-])n1)(C3)C2)Nc1cnn(Cc2c(F)cc(F)c(F)c2F)c1. The summed E-state index contributed by atoms with van der Waals surface area (Å²) in [5.74, 6) is -5.93. The number of aromatic nitrogens is 4. The molecule has 0 saturated heterocycles. The zero-order valence-electron chi connectivity index (χ0n) is 20.5. The molecule has 4 aliphatic rings. The first-order valence-electron chi connectivity index (χ1n) is 12.5. The standard InChI is InChI=1S/C25H23BrF4N6O3/c26-17-11-35(33-23(17)36(38)39)25-5-13-1-14(6-25)4-24(3-13,12-25)7-20(37)32-15-8-31-34(9-15)10-16-18(27)2-19(28)22(30)21(16)29/h2,8-9,11,13-14H,1,3-7,10,12H2,(H,32,37). The summed E-state index contributed by atoms with van der Waals surface area (Å²) in [6.45, 7) is -0.494. The zero-order valence-corrected chi connectivity index (χ0v) is 22.1. The molecule has 4 saturated carbocycles. The van der Waals surface area contributed by atoms with Crippen molar-refractivity contribution in [2.45, 2.75) is 57.0 Å². The van der Waals surface area contributed by atoms with Crippen LogP contribution in [0, 0.1) is 50.6 Å². The van der Waals surface area contributed by atoms with Gasteiger partial charge in [-0.25, -0.2) is 17.6 Å². The van der Waals surface area contributed by atoms with Crippen LogP contribution in [0.25, 0.3) is 0 Å². The third-order valence-corrected chi connectivity index (χ3v) is 9.00. The molecule has 14 heteroatoms. The maximum atomic E-state index is 14.0. The minimum absolute atomic E-state index is 0.224. The molecule has 2 heterocycles. The third kappa shape index (κ3) is 4.51. The van der Waals surface area contributed by atoms with Gasteiger partial charge in [-0.3, -0.25) is 9.48 Å². The predicted octanol–water partition coefficient (Wildman–Crippen LogP) is 5.68. The Labute approximate surface area is 227 Å². The molecule has 1 N–H and O–H groups in total. The van der Waals surface area contributed by atoms with E-state index in [9.17, 15) is 32.5 Å². The number of nitrogens with zero attached hydrogens (tertiary/aromatic N) is 5. The number of carbonyl (C=O) groups is 1. The van der Waals surface area contributed by atoms with Crippen molar-refractivity contribution in [2.75, 3.05) is 5.32 Å². The molecule has 39 heavy (non-hydrogen) atoms. The van der Waals surface area contributed by atoms with E-state index < -0.39 is 40.3 Å². The van der Waals surface area contributed by atoms with Crippen molar-refractivity contribution in [1.29, 1.82) is 0 Å². The summed E-state index contributed by atoms with van der Waals surface area (Å²) < 4.78 is 58.0. The van der Waals surface area contributed by atoms with Crippen molar-refractivity contribution in [1.82, 2.24) is 19.6 Å². The second kappa shape index (κ2) is 9.14.